The maximum Gasteiger partial charge on any atom is 0.327 e. The molecule has 0 aliphatic rings. The Bertz CT molecular complexity index is 343. The molecule has 0 heterocycles. The Morgan fingerprint density at radius 1 is 1.71 bits per heavy atom. The molecular weight excluding hydrogens is 208 g/mol. The van der Waals surface area contributed by atoms with E-state index < -0.39 is 28.9 Å². The normalized spacial score (nSPS) is 19.1. The Morgan fingerprint density at radius 2 is 2.29 bits per heavy atom. The van der Waals surface area contributed by atoms with Gasteiger partial charge in [-0.2, -0.15) is 0 Å². The van der Waals surface area contributed by atoms with E-state index in [-0.39, 0.29) is 17.1 Å². The summed E-state index contributed by atoms with van der Waals surface area (Å²) in [4.78, 5) is 32.8. The SMILES string of the molecule is [2H]C(SC(=O)NC)[C@@]([2H])(C(=O)O)N([2H])C(C)=O. The summed E-state index contributed by atoms with van der Waals surface area (Å²) in [7, 11) is 1.28. The molecule has 2 atom stereocenters. The van der Waals surface area contributed by atoms with E-state index in [2.05, 4.69) is 5.32 Å². The van der Waals surface area contributed by atoms with Gasteiger partial charge in [-0.15, -0.1) is 0 Å². The second-order valence-electron chi connectivity index (χ2n) is 2.09. The summed E-state index contributed by atoms with van der Waals surface area (Å²) >= 11 is 0.215. The van der Waals surface area contributed by atoms with E-state index in [1.165, 1.54) is 7.05 Å². The van der Waals surface area contributed by atoms with Gasteiger partial charge in [0, 0.05) is 21.1 Å². The van der Waals surface area contributed by atoms with Crippen LogP contribution in [0.1, 0.15) is 9.67 Å². The zero-order valence-electron chi connectivity index (χ0n) is 10.6. The first kappa shape index (κ1) is 8.10. The molecule has 6 nitrogen and oxygen atoms in total. The molecule has 3 N–H and O–H groups in total. The van der Waals surface area contributed by atoms with E-state index in [0.717, 1.165) is 6.92 Å². The number of carboxylic acids is 1. The molecule has 0 saturated carbocycles. The number of carbonyl (C=O) groups is 3. The number of rotatable bonds is 4. The monoisotopic (exact) mass is 223 g/mol. The zero-order chi connectivity index (χ0) is 13.8. The van der Waals surface area contributed by atoms with Crippen molar-refractivity contribution in [2.75, 3.05) is 12.8 Å². The summed E-state index contributed by atoms with van der Waals surface area (Å²) in [6.07, 6.45) is 0. The summed E-state index contributed by atoms with van der Waals surface area (Å²) in [5.74, 6) is -2.85. The smallest absolute Gasteiger partial charge is 0.327 e. The second kappa shape index (κ2) is 6.25. The Hall–Kier alpha value is -1.24. The summed E-state index contributed by atoms with van der Waals surface area (Å²) in [5, 5.41) is 10.1. The lowest BCUT2D eigenvalue weighted by Crippen LogP contribution is -2.41. The van der Waals surface area contributed by atoms with E-state index in [1.54, 1.807) is 0 Å². The molecule has 0 aliphatic heterocycles. The summed E-state index contributed by atoms with van der Waals surface area (Å²) < 4.78 is 22.1. The van der Waals surface area contributed by atoms with Crippen molar-refractivity contribution in [1.82, 2.24) is 10.6 Å². The fourth-order valence-corrected chi connectivity index (χ4v) is 0.953. The van der Waals surface area contributed by atoms with Gasteiger partial charge in [0.2, 0.25) is 5.91 Å². The number of hydrogen-bond acceptors (Lipinski definition) is 4. The van der Waals surface area contributed by atoms with Crippen molar-refractivity contribution < 1.29 is 23.6 Å². The molecule has 0 spiro atoms. The van der Waals surface area contributed by atoms with Crippen LogP contribution in [0.5, 0.6) is 0 Å². The first-order chi connectivity index (χ1) is 7.67. The average molecular weight is 223 g/mol. The van der Waals surface area contributed by atoms with Crippen molar-refractivity contribution in [2.45, 2.75) is 12.9 Å². The van der Waals surface area contributed by atoms with Gasteiger partial charge in [0.1, 0.15) is 6.02 Å². The first-order valence-corrected chi connectivity index (χ1v) is 4.39. The Morgan fingerprint density at radius 3 is 2.64 bits per heavy atom. The van der Waals surface area contributed by atoms with Gasteiger partial charge in [0.15, 0.2) is 1.41 Å². The van der Waals surface area contributed by atoms with Crippen molar-refractivity contribution in [1.29, 1.82) is 0 Å². The van der Waals surface area contributed by atoms with Gasteiger partial charge >= 0.3 is 5.97 Å². The molecule has 0 aromatic rings. The molecule has 0 rings (SSSR count). The van der Waals surface area contributed by atoms with E-state index in [9.17, 15) is 14.4 Å². The van der Waals surface area contributed by atoms with Gasteiger partial charge in [-0.3, -0.25) is 9.59 Å². The van der Waals surface area contributed by atoms with Crippen LogP contribution in [-0.4, -0.2) is 41.0 Å². The number of aliphatic carboxylic acids is 1. The van der Waals surface area contributed by atoms with Gasteiger partial charge in [0.25, 0.3) is 5.24 Å². The molecule has 0 aromatic carbocycles. The molecule has 7 heteroatoms. The van der Waals surface area contributed by atoms with Crippen LogP contribution in [0.4, 0.5) is 4.79 Å². The maximum atomic E-state index is 11.0. The van der Waals surface area contributed by atoms with Crippen molar-refractivity contribution >= 4 is 28.9 Å². The van der Waals surface area contributed by atoms with Crippen LogP contribution in [0.2, 0.25) is 1.41 Å². The Labute approximate surface area is 89.7 Å². The standard InChI is InChI=1S/C7H12N2O4S/c1-4(10)9-5(6(11)12)3-14-7(13)8-2/h5H,3H2,1-2H3,(H,8,13)(H,9,10)(H,11,12)/t5-/m0/s1/i3D,5D/hD/t3?,5-. The molecule has 14 heavy (non-hydrogen) atoms. The minimum Gasteiger partial charge on any atom is -0.480 e. The van der Waals surface area contributed by atoms with Crippen LogP contribution in [0.15, 0.2) is 0 Å². The topological polar surface area (TPSA) is 95.5 Å². The van der Waals surface area contributed by atoms with E-state index in [1.807, 2.05) is 0 Å². The predicted molar refractivity (Wildman–Crippen MR) is 52.2 cm³/mol. The summed E-state index contributed by atoms with van der Waals surface area (Å²) in [6, 6.07) is -2.84. The number of thioether (sulfide) groups is 1. The molecule has 0 radical (unpaired) electrons. The van der Waals surface area contributed by atoms with E-state index in [4.69, 9.17) is 9.26 Å². The zero-order valence-corrected chi connectivity index (χ0v) is 8.42. The third-order valence-corrected chi connectivity index (χ3v) is 1.74. The minimum absolute atomic E-state index is 0.136. The lowest BCUT2D eigenvalue weighted by molar-refractivity contribution is -0.140. The average Bonchev–Trinajstić information content (AvgIpc) is 2.25. The van der Waals surface area contributed by atoms with Crippen LogP contribution < -0.4 is 10.6 Å². The third kappa shape index (κ3) is 5.41. The van der Waals surface area contributed by atoms with Crippen LogP contribution in [-0.2, 0) is 9.59 Å². The highest BCUT2D eigenvalue weighted by Crippen LogP contribution is 2.03. The molecule has 0 aromatic heterocycles. The molecule has 0 bridgehead atoms. The predicted octanol–water partition coefficient (Wildman–Crippen LogP) is -0.352. The van der Waals surface area contributed by atoms with Gasteiger partial charge in [-0.05, 0) is 0 Å². The lowest BCUT2D eigenvalue weighted by Gasteiger charge is -2.11. The van der Waals surface area contributed by atoms with Crippen LogP contribution in [0, 0.1) is 0 Å². The van der Waals surface area contributed by atoms with Crippen molar-refractivity contribution in [3.8, 4) is 0 Å². The minimum atomic E-state index is -2.84. The van der Waals surface area contributed by atoms with Gasteiger partial charge in [0.05, 0.1) is 1.37 Å². The molecule has 2 amide bonds. The molecule has 80 valence electrons. The van der Waals surface area contributed by atoms with Gasteiger partial charge in [-0.1, -0.05) is 11.8 Å². The summed E-state index contributed by atoms with van der Waals surface area (Å²) in [6.45, 7) is 0.899. The Kier molecular flexibility index (Phi) is 3.62. The third-order valence-electron chi connectivity index (χ3n) is 0.979. The quantitative estimate of drug-likeness (QED) is 0.605. The van der Waals surface area contributed by atoms with E-state index in [0.29, 0.717) is 0 Å². The van der Waals surface area contributed by atoms with Gasteiger partial charge < -0.3 is 15.7 Å². The molecule has 0 saturated heterocycles. The second-order valence-corrected chi connectivity index (χ2v) is 2.94. The molecule has 1 unspecified atom stereocenters. The molecular formula is C7H12N2O4S. The Balaban J connectivity index is 5.14. The number of carboxylic acid groups (broad SMARTS) is 1. The highest BCUT2D eigenvalue weighted by atomic mass is 32.2. The fourth-order valence-electron chi connectivity index (χ4n) is 0.462. The number of carbonyl (C=O) groups excluding carboxylic acids is 2. The van der Waals surface area contributed by atoms with Crippen LogP contribution in [0.25, 0.3) is 0 Å². The fraction of sp³-hybridized carbons (Fsp3) is 0.571. The van der Waals surface area contributed by atoms with Crippen molar-refractivity contribution in [3.63, 3.8) is 0 Å². The highest BCUT2D eigenvalue weighted by Gasteiger charge is 2.19. The number of amides is 2. The van der Waals surface area contributed by atoms with Crippen LogP contribution >= 0.6 is 11.8 Å². The van der Waals surface area contributed by atoms with Crippen molar-refractivity contribution in [3.05, 3.63) is 0 Å². The van der Waals surface area contributed by atoms with Crippen molar-refractivity contribution in [2.24, 2.45) is 0 Å². The highest BCUT2D eigenvalue weighted by molar-refractivity contribution is 8.13. The lowest BCUT2D eigenvalue weighted by atomic mass is 10.3. The summed E-state index contributed by atoms with van der Waals surface area (Å²) in [5.41, 5.74) is -1.85. The van der Waals surface area contributed by atoms with Crippen LogP contribution in [0.3, 0.4) is 0 Å². The number of nitrogens with one attached hydrogen (secondary N) is 2. The first-order valence-electron chi connectivity index (χ1n) is 5.04. The molecule has 0 fully saturated rings. The van der Waals surface area contributed by atoms with Gasteiger partial charge in [-0.25, -0.2) is 4.79 Å². The van der Waals surface area contributed by atoms with E-state index >= 15 is 0 Å². The maximum absolute atomic E-state index is 11.0. The largest absolute Gasteiger partial charge is 0.480 e. The number of hydrogen-bond donors (Lipinski definition) is 3. The molecule has 0 aliphatic carbocycles.